The molecule has 2 nitrogen and oxygen atoms in total. The van der Waals surface area contributed by atoms with Crippen molar-refractivity contribution in [2.45, 2.75) is 55.9 Å². The number of rotatable bonds is 2. The maximum Gasteiger partial charge on any atom is 0.0224 e. The minimum atomic E-state index is 0.905. The van der Waals surface area contributed by atoms with Crippen molar-refractivity contribution in [1.29, 1.82) is 0 Å². The molecule has 1 saturated carbocycles. The van der Waals surface area contributed by atoms with Crippen LogP contribution in [0.15, 0.2) is 0 Å². The van der Waals surface area contributed by atoms with Gasteiger partial charge in [-0.05, 0) is 51.3 Å². The molecule has 0 N–H and O–H groups in total. The smallest absolute Gasteiger partial charge is 0.0224 e. The molecule has 3 fully saturated rings. The lowest BCUT2D eigenvalue weighted by Gasteiger charge is -2.43. The molecule has 0 radical (unpaired) electrons. The number of thioether (sulfide) groups is 1. The van der Waals surface area contributed by atoms with Crippen LogP contribution in [0.2, 0.25) is 0 Å². The van der Waals surface area contributed by atoms with Gasteiger partial charge in [-0.2, -0.15) is 11.8 Å². The molecule has 0 aromatic rings. The second-order valence-electron chi connectivity index (χ2n) is 5.99. The molecule has 2 saturated heterocycles. The first-order valence-electron chi connectivity index (χ1n) is 7.37. The van der Waals surface area contributed by atoms with Crippen molar-refractivity contribution >= 4 is 11.8 Å². The van der Waals surface area contributed by atoms with E-state index in [4.69, 9.17) is 0 Å². The van der Waals surface area contributed by atoms with Crippen LogP contribution < -0.4 is 0 Å². The number of piperazine rings is 1. The number of hydrogen-bond donors (Lipinski definition) is 0. The zero-order chi connectivity index (χ0) is 11.7. The van der Waals surface area contributed by atoms with Crippen molar-refractivity contribution in [1.82, 2.24) is 9.80 Å². The van der Waals surface area contributed by atoms with Crippen LogP contribution in [-0.2, 0) is 0 Å². The number of fused-ring (bicyclic) bond motifs is 1. The van der Waals surface area contributed by atoms with E-state index < -0.39 is 0 Å². The van der Waals surface area contributed by atoms with Crippen molar-refractivity contribution in [2.24, 2.45) is 0 Å². The topological polar surface area (TPSA) is 6.48 Å². The Hall–Kier alpha value is 0.270. The first-order chi connectivity index (χ1) is 8.36. The highest BCUT2D eigenvalue weighted by Crippen LogP contribution is 2.31. The molecule has 98 valence electrons. The van der Waals surface area contributed by atoms with E-state index in [0.717, 1.165) is 17.3 Å². The molecule has 1 unspecified atom stereocenters. The van der Waals surface area contributed by atoms with Gasteiger partial charge in [0.15, 0.2) is 0 Å². The fourth-order valence-corrected chi connectivity index (χ4v) is 4.74. The van der Waals surface area contributed by atoms with Gasteiger partial charge in [0.25, 0.3) is 0 Å². The van der Waals surface area contributed by atoms with E-state index in [1.54, 1.807) is 0 Å². The Balaban J connectivity index is 1.52. The molecular weight excluding hydrogens is 228 g/mol. The molecule has 3 aliphatic rings. The SMILES string of the molecule is CSC1CCC(N2CCN3CCCC3C2)CC1. The summed E-state index contributed by atoms with van der Waals surface area (Å²) in [6.07, 6.45) is 11.0. The third kappa shape index (κ3) is 2.66. The summed E-state index contributed by atoms with van der Waals surface area (Å²) in [7, 11) is 0. The predicted octanol–water partition coefficient (Wildman–Crippen LogP) is 2.44. The maximum atomic E-state index is 2.82. The third-order valence-electron chi connectivity index (χ3n) is 5.11. The molecule has 3 heteroatoms. The second-order valence-corrected chi connectivity index (χ2v) is 7.13. The summed E-state index contributed by atoms with van der Waals surface area (Å²) in [5.74, 6) is 0. The minimum Gasteiger partial charge on any atom is -0.298 e. The maximum absolute atomic E-state index is 2.82. The zero-order valence-corrected chi connectivity index (χ0v) is 11.9. The van der Waals surface area contributed by atoms with E-state index in [-0.39, 0.29) is 0 Å². The first-order valence-corrected chi connectivity index (χ1v) is 8.66. The lowest BCUT2D eigenvalue weighted by molar-refractivity contribution is 0.0580. The van der Waals surface area contributed by atoms with E-state index in [0.29, 0.717) is 0 Å². The van der Waals surface area contributed by atoms with Crippen LogP contribution in [-0.4, -0.2) is 59.6 Å². The Morgan fingerprint density at radius 3 is 2.35 bits per heavy atom. The molecule has 17 heavy (non-hydrogen) atoms. The van der Waals surface area contributed by atoms with Crippen LogP contribution in [0.1, 0.15) is 38.5 Å². The van der Waals surface area contributed by atoms with Gasteiger partial charge < -0.3 is 0 Å². The molecule has 1 atom stereocenters. The van der Waals surface area contributed by atoms with Gasteiger partial charge in [-0.25, -0.2) is 0 Å². The first kappa shape index (κ1) is 12.3. The molecule has 0 aromatic heterocycles. The van der Waals surface area contributed by atoms with Gasteiger partial charge in [0.05, 0.1) is 0 Å². The average molecular weight is 254 g/mol. The Bertz CT molecular complexity index is 251. The summed E-state index contributed by atoms with van der Waals surface area (Å²) in [4.78, 5) is 5.55. The summed E-state index contributed by atoms with van der Waals surface area (Å²) < 4.78 is 0. The van der Waals surface area contributed by atoms with Gasteiger partial charge >= 0.3 is 0 Å². The highest BCUT2D eigenvalue weighted by Gasteiger charge is 2.34. The van der Waals surface area contributed by atoms with Gasteiger partial charge in [-0.1, -0.05) is 0 Å². The van der Waals surface area contributed by atoms with E-state index in [2.05, 4.69) is 27.8 Å². The van der Waals surface area contributed by atoms with Gasteiger partial charge in [0, 0.05) is 37.0 Å². The fourth-order valence-electron chi connectivity index (χ4n) is 3.99. The van der Waals surface area contributed by atoms with E-state index >= 15 is 0 Å². The Morgan fingerprint density at radius 1 is 0.824 bits per heavy atom. The van der Waals surface area contributed by atoms with Crippen LogP contribution in [0.5, 0.6) is 0 Å². The Labute approximate surface area is 110 Å². The average Bonchev–Trinajstić information content (AvgIpc) is 2.86. The molecule has 2 heterocycles. The van der Waals surface area contributed by atoms with E-state index in [1.165, 1.54) is 64.7 Å². The zero-order valence-electron chi connectivity index (χ0n) is 11.1. The van der Waals surface area contributed by atoms with Gasteiger partial charge in [-0.3, -0.25) is 9.80 Å². The van der Waals surface area contributed by atoms with E-state index in [9.17, 15) is 0 Å². The molecule has 1 aliphatic carbocycles. The second kappa shape index (κ2) is 5.50. The molecular formula is C14H26N2S. The van der Waals surface area contributed by atoms with Crippen LogP contribution in [0.4, 0.5) is 0 Å². The largest absolute Gasteiger partial charge is 0.298 e. The summed E-state index contributed by atoms with van der Waals surface area (Å²) in [6, 6.07) is 1.82. The van der Waals surface area contributed by atoms with Crippen LogP contribution in [0.3, 0.4) is 0 Å². The molecule has 2 aliphatic heterocycles. The van der Waals surface area contributed by atoms with Crippen LogP contribution >= 0.6 is 11.8 Å². The molecule has 0 aromatic carbocycles. The van der Waals surface area contributed by atoms with E-state index in [1.807, 2.05) is 0 Å². The molecule has 0 amide bonds. The Kier molecular flexibility index (Phi) is 3.98. The van der Waals surface area contributed by atoms with Crippen molar-refractivity contribution in [3.05, 3.63) is 0 Å². The number of nitrogens with zero attached hydrogens (tertiary/aromatic N) is 2. The quantitative estimate of drug-likeness (QED) is 0.747. The minimum absolute atomic E-state index is 0.905. The third-order valence-corrected chi connectivity index (χ3v) is 6.25. The summed E-state index contributed by atoms with van der Waals surface area (Å²) in [5, 5.41) is 0.957. The van der Waals surface area contributed by atoms with Crippen molar-refractivity contribution < 1.29 is 0 Å². The highest BCUT2D eigenvalue weighted by atomic mass is 32.2. The fraction of sp³-hybridized carbons (Fsp3) is 1.00. The van der Waals surface area contributed by atoms with Crippen molar-refractivity contribution in [2.75, 3.05) is 32.4 Å². The lowest BCUT2D eigenvalue weighted by Crippen LogP contribution is -2.54. The summed E-state index contributed by atoms with van der Waals surface area (Å²) in [6.45, 7) is 5.42. The molecule has 0 bridgehead atoms. The summed E-state index contributed by atoms with van der Waals surface area (Å²) in [5.41, 5.74) is 0. The number of hydrogen-bond acceptors (Lipinski definition) is 3. The monoisotopic (exact) mass is 254 g/mol. The van der Waals surface area contributed by atoms with Gasteiger partial charge in [-0.15, -0.1) is 0 Å². The normalized spacial score (nSPS) is 40.4. The standard InChI is InChI=1S/C14H26N2S/c1-17-14-6-4-12(5-7-14)16-10-9-15-8-2-3-13(15)11-16/h12-14H,2-11H2,1H3. The van der Waals surface area contributed by atoms with Gasteiger partial charge in [0.1, 0.15) is 0 Å². The van der Waals surface area contributed by atoms with Crippen LogP contribution in [0, 0.1) is 0 Å². The van der Waals surface area contributed by atoms with Gasteiger partial charge in [0.2, 0.25) is 0 Å². The van der Waals surface area contributed by atoms with Crippen LogP contribution in [0.25, 0.3) is 0 Å². The summed E-state index contributed by atoms with van der Waals surface area (Å²) >= 11 is 2.08. The van der Waals surface area contributed by atoms with Crippen molar-refractivity contribution in [3.8, 4) is 0 Å². The lowest BCUT2D eigenvalue weighted by atomic mass is 9.92. The molecule has 3 rings (SSSR count). The highest BCUT2D eigenvalue weighted by molar-refractivity contribution is 7.99. The van der Waals surface area contributed by atoms with Crippen molar-refractivity contribution in [3.63, 3.8) is 0 Å². The predicted molar refractivity (Wildman–Crippen MR) is 75.7 cm³/mol. The Morgan fingerprint density at radius 2 is 1.59 bits per heavy atom. The molecule has 0 spiro atoms.